The number of amides is 1. The lowest BCUT2D eigenvalue weighted by atomic mass is 9.96. The van der Waals surface area contributed by atoms with E-state index < -0.39 is 124 Å². The lowest BCUT2D eigenvalue weighted by Crippen LogP contribution is -2.66. The molecule has 1 amide bonds. The minimum atomic E-state index is -1.98. The maximum atomic E-state index is 13.5. The topological polar surface area (TPSA) is 307 Å². The van der Waals surface area contributed by atoms with Crippen molar-refractivity contribution in [1.29, 1.82) is 0 Å². The van der Waals surface area contributed by atoms with Gasteiger partial charge in [-0.2, -0.15) is 0 Å². The molecule has 0 aliphatic carbocycles. The molecule has 0 aromatic rings. The zero-order valence-corrected chi connectivity index (χ0v) is 60.8. The van der Waals surface area contributed by atoms with Crippen molar-refractivity contribution in [2.75, 3.05) is 26.4 Å². The second-order valence-corrected chi connectivity index (χ2v) is 28.5. The molecule has 0 aromatic carbocycles. The summed E-state index contributed by atoms with van der Waals surface area (Å²) in [5.41, 5.74) is 0. The van der Waals surface area contributed by atoms with Crippen molar-refractivity contribution in [3.05, 3.63) is 36.5 Å². The first-order valence-electron chi connectivity index (χ1n) is 39.7. The van der Waals surface area contributed by atoms with Crippen molar-refractivity contribution in [2.45, 2.75) is 426 Å². The molecular weight excluding hydrogens is 1240 g/mol. The van der Waals surface area contributed by atoms with Gasteiger partial charge >= 0.3 is 0 Å². The van der Waals surface area contributed by atoms with E-state index in [-0.39, 0.29) is 18.9 Å². The van der Waals surface area contributed by atoms with E-state index in [9.17, 15) is 61.0 Å². The molecule has 19 heteroatoms. The molecule has 0 aromatic heterocycles. The summed E-state index contributed by atoms with van der Waals surface area (Å²) in [7, 11) is 0. The van der Waals surface area contributed by atoms with Crippen LogP contribution in [0.3, 0.4) is 0 Å². The van der Waals surface area contributed by atoms with Crippen molar-refractivity contribution in [2.24, 2.45) is 0 Å². The Morgan fingerprint density at radius 2 is 0.680 bits per heavy atom. The first-order chi connectivity index (χ1) is 47.3. The number of carbonyl (C=O) groups is 1. The number of aliphatic hydroxyl groups is 11. The maximum Gasteiger partial charge on any atom is 0.220 e. The van der Waals surface area contributed by atoms with Gasteiger partial charge in [-0.3, -0.25) is 4.79 Å². The maximum absolute atomic E-state index is 13.5. The zero-order chi connectivity index (χ0) is 70.4. The van der Waals surface area contributed by atoms with Gasteiger partial charge in [-0.1, -0.05) is 301 Å². The van der Waals surface area contributed by atoms with Crippen molar-refractivity contribution in [1.82, 2.24) is 5.32 Å². The van der Waals surface area contributed by atoms with E-state index >= 15 is 0 Å². The third kappa shape index (κ3) is 40.0. The number of rotatable bonds is 63. The molecule has 3 aliphatic rings. The molecule has 3 saturated heterocycles. The highest BCUT2D eigenvalue weighted by atomic mass is 16.8. The highest BCUT2D eigenvalue weighted by molar-refractivity contribution is 5.76. The van der Waals surface area contributed by atoms with Gasteiger partial charge in [0.15, 0.2) is 18.9 Å². The lowest BCUT2D eigenvalue weighted by molar-refractivity contribution is -0.379. The Morgan fingerprint density at radius 3 is 1.05 bits per heavy atom. The summed E-state index contributed by atoms with van der Waals surface area (Å²) < 4.78 is 34.4. The summed E-state index contributed by atoms with van der Waals surface area (Å²) in [5.74, 6) is -0.269. The highest BCUT2D eigenvalue weighted by Crippen LogP contribution is 2.33. The minimum Gasteiger partial charge on any atom is -0.394 e. The molecule has 0 spiro atoms. The molecule has 3 heterocycles. The molecule has 0 radical (unpaired) electrons. The van der Waals surface area contributed by atoms with Crippen molar-refractivity contribution >= 4 is 5.91 Å². The number of aliphatic hydroxyl groups excluding tert-OH is 11. The summed E-state index contributed by atoms with van der Waals surface area (Å²) >= 11 is 0. The van der Waals surface area contributed by atoms with Crippen LogP contribution in [0.1, 0.15) is 322 Å². The molecule has 3 rings (SSSR count). The highest BCUT2D eigenvalue weighted by Gasteiger charge is 2.53. The summed E-state index contributed by atoms with van der Waals surface area (Å²) in [5, 5.41) is 121. The molecule has 12 N–H and O–H groups in total. The van der Waals surface area contributed by atoms with Gasteiger partial charge in [-0.25, -0.2) is 0 Å². The monoisotopic (exact) mass is 1380 g/mol. The van der Waals surface area contributed by atoms with Gasteiger partial charge in [-0.15, -0.1) is 0 Å². The van der Waals surface area contributed by atoms with Crippen LogP contribution in [-0.2, 0) is 33.2 Å². The fourth-order valence-electron chi connectivity index (χ4n) is 13.5. The number of allylic oxidation sites excluding steroid dienone is 5. The Kier molecular flexibility index (Phi) is 54.6. The van der Waals surface area contributed by atoms with Crippen LogP contribution in [0.25, 0.3) is 0 Å². The van der Waals surface area contributed by atoms with Gasteiger partial charge < -0.3 is 89.9 Å². The van der Waals surface area contributed by atoms with Gasteiger partial charge in [-0.05, 0) is 51.4 Å². The van der Waals surface area contributed by atoms with Crippen molar-refractivity contribution in [3.63, 3.8) is 0 Å². The summed E-state index contributed by atoms with van der Waals surface area (Å²) in [6.07, 6.45) is 45.6. The van der Waals surface area contributed by atoms with E-state index in [1.54, 1.807) is 6.08 Å². The zero-order valence-electron chi connectivity index (χ0n) is 60.8. The third-order valence-corrected chi connectivity index (χ3v) is 19.9. The van der Waals surface area contributed by atoms with E-state index in [1.807, 2.05) is 6.08 Å². The van der Waals surface area contributed by atoms with Crippen LogP contribution in [0.4, 0.5) is 0 Å². The number of unbranched alkanes of at least 4 members (excludes halogenated alkanes) is 43. The average Bonchev–Trinajstić information content (AvgIpc) is 0.845. The minimum absolute atomic E-state index is 0.247. The second-order valence-electron chi connectivity index (χ2n) is 28.5. The van der Waals surface area contributed by atoms with Crippen molar-refractivity contribution < 1.29 is 89.4 Å². The van der Waals surface area contributed by atoms with Gasteiger partial charge in [0.05, 0.1) is 38.6 Å². The molecule has 19 nitrogen and oxygen atoms in total. The van der Waals surface area contributed by atoms with Crippen molar-refractivity contribution in [3.8, 4) is 0 Å². The normalized spacial score (nSPS) is 27.0. The first-order valence-corrected chi connectivity index (χ1v) is 39.7. The predicted molar refractivity (Wildman–Crippen MR) is 383 cm³/mol. The predicted octanol–water partition coefficient (Wildman–Crippen LogP) is 12.7. The fourth-order valence-corrected chi connectivity index (χ4v) is 13.5. The van der Waals surface area contributed by atoms with E-state index in [4.69, 9.17) is 28.4 Å². The Morgan fingerprint density at radius 1 is 0.371 bits per heavy atom. The lowest BCUT2D eigenvalue weighted by Gasteiger charge is -2.48. The quantitative estimate of drug-likeness (QED) is 0.0199. The van der Waals surface area contributed by atoms with Gasteiger partial charge in [0.25, 0.3) is 0 Å². The molecule has 3 fully saturated rings. The van der Waals surface area contributed by atoms with E-state index in [0.29, 0.717) is 6.42 Å². The summed E-state index contributed by atoms with van der Waals surface area (Å²) in [4.78, 5) is 13.5. The standard InChI is InChI=1S/C78H145NO18/c1-3-5-7-9-11-13-15-17-19-21-23-24-25-26-27-28-29-30-31-32-33-34-35-36-38-40-42-44-46-48-50-52-54-56-66(84)79-61(62(83)55-53-51-49-47-45-43-41-39-37-22-20-18-16-14-12-10-8-6-4-2)60-92-76-72(90)69(87)74(64(58-81)94-76)97-78-73(91)70(88)75(65(59-82)95-78)96-77-71(89)68(86)67(85)63(57-80)93-77/h15,17,21,23,53,55,61-65,67-78,80-83,85-91H,3-14,16,18-20,22,24-52,54,56-60H2,1-2H3,(H,79,84)/b17-15-,23-21-,55-53+. The molecule has 17 atom stereocenters. The summed E-state index contributed by atoms with van der Waals surface area (Å²) in [6.45, 7) is 1.77. The first kappa shape index (κ1) is 89.2. The molecule has 97 heavy (non-hydrogen) atoms. The number of hydrogen-bond donors (Lipinski definition) is 12. The molecule has 0 bridgehead atoms. The number of ether oxygens (including phenoxy) is 6. The smallest absolute Gasteiger partial charge is 0.220 e. The van der Waals surface area contributed by atoms with Crippen LogP contribution in [0.5, 0.6) is 0 Å². The number of carbonyl (C=O) groups excluding carboxylic acids is 1. The number of nitrogens with one attached hydrogen (secondary N) is 1. The Hall–Kier alpha value is -1.99. The van der Waals surface area contributed by atoms with Crippen LogP contribution in [0, 0.1) is 0 Å². The molecular formula is C78H145NO18. The Bertz CT molecular complexity index is 1900. The van der Waals surface area contributed by atoms with Crippen LogP contribution < -0.4 is 5.32 Å². The second kappa shape index (κ2) is 59.4. The van der Waals surface area contributed by atoms with E-state index in [2.05, 4.69) is 43.5 Å². The van der Waals surface area contributed by atoms with Crippen LogP contribution in [0.15, 0.2) is 36.5 Å². The van der Waals surface area contributed by atoms with Gasteiger partial charge in [0.2, 0.25) is 5.91 Å². The fraction of sp³-hybridized carbons (Fsp3) is 0.910. The number of hydrogen-bond acceptors (Lipinski definition) is 18. The Labute approximate surface area is 587 Å². The third-order valence-electron chi connectivity index (χ3n) is 19.9. The van der Waals surface area contributed by atoms with Crippen LogP contribution in [-0.4, -0.2) is 193 Å². The Balaban J connectivity index is 1.35. The van der Waals surface area contributed by atoms with E-state index in [0.717, 1.165) is 51.4 Å². The molecule has 0 saturated carbocycles. The van der Waals surface area contributed by atoms with Gasteiger partial charge in [0, 0.05) is 6.42 Å². The summed E-state index contributed by atoms with van der Waals surface area (Å²) in [6, 6.07) is -0.972. The van der Waals surface area contributed by atoms with E-state index in [1.165, 1.54) is 244 Å². The van der Waals surface area contributed by atoms with Gasteiger partial charge in [0.1, 0.15) is 73.2 Å². The molecule has 17 unspecified atom stereocenters. The van der Waals surface area contributed by atoms with Crippen LogP contribution >= 0.6 is 0 Å². The molecule has 570 valence electrons. The molecule has 3 aliphatic heterocycles. The SMILES string of the molecule is CCCCCCC/C=C\C/C=C\CCCCCCCCCCCCCCCCCCCCCCCC(=O)NC(COC1OC(CO)C(OC2OC(CO)C(OC3OC(CO)C(O)C(O)C3O)C(O)C2O)C(O)C1O)C(O)/C=C/CCCCCCCCCCCCCCCCCCC. The average molecular weight is 1390 g/mol. The largest absolute Gasteiger partial charge is 0.394 e. The van der Waals surface area contributed by atoms with Crippen LogP contribution in [0.2, 0.25) is 0 Å².